The van der Waals surface area contributed by atoms with Crippen LogP contribution in [0.4, 0.5) is 0 Å². The second-order valence-corrected chi connectivity index (χ2v) is 3.81. The highest BCUT2D eigenvalue weighted by atomic mass is 16.5. The molecule has 5 nitrogen and oxygen atoms in total. The first-order valence-electron chi connectivity index (χ1n) is 5.31. The van der Waals surface area contributed by atoms with Gasteiger partial charge in [-0.05, 0) is 19.1 Å². The topological polar surface area (TPSA) is 64.4 Å². The number of hydrogen-bond acceptors (Lipinski definition) is 4. The molecule has 0 spiro atoms. The lowest BCUT2D eigenvalue weighted by atomic mass is 10.3. The zero-order chi connectivity index (χ0) is 12.4. The van der Waals surface area contributed by atoms with Crippen molar-refractivity contribution in [1.29, 1.82) is 0 Å². The maximum Gasteiger partial charge on any atom is 0.217 e. The number of hydrogen-bond donors (Lipinski definition) is 1. The summed E-state index contributed by atoms with van der Waals surface area (Å²) in [6.07, 6.45) is 0. The summed E-state index contributed by atoms with van der Waals surface area (Å²) in [6, 6.07) is 5.16. The van der Waals surface area contributed by atoms with Crippen LogP contribution in [-0.4, -0.2) is 18.0 Å². The molecule has 1 aromatic heterocycles. The molecule has 1 N–H and O–H groups in total. The van der Waals surface area contributed by atoms with Gasteiger partial charge < -0.3 is 14.5 Å². The van der Waals surface area contributed by atoms with Gasteiger partial charge in [0.15, 0.2) is 5.58 Å². The number of aromatic nitrogens is 1. The maximum absolute atomic E-state index is 10.9. The molecule has 0 aliphatic heterocycles. The summed E-state index contributed by atoms with van der Waals surface area (Å²) < 4.78 is 10.7. The third-order valence-corrected chi connectivity index (χ3v) is 2.40. The Morgan fingerprint density at radius 3 is 2.94 bits per heavy atom. The van der Waals surface area contributed by atoms with Gasteiger partial charge in [-0.1, -0.05) is 0 Å². The molecular formula is C12H14N2O3. The van der Waals surface area contributed by atoms with E-state index >= 15 is 0 Å². The third kappa shape index (κ3) is 2.38. The maximum atomic E-state index is 10.9. The Kier molecular flexibility index (Phi) is 2.99. The van der Waals surface area contributed by atoms with Crippen molar-refractivity contribution in [3.05, 3.63) is 24.1 Å². The number of carbonyl (C=O) groups excluding carboxylic acids is 1. The minimum atomic E-state index is -0.245. The third-order valence-electron chi connectivity index (χ3n) is 2.40. The summed E-state index contributed by atoms with van der Waals surface area (Å²) in [5, 5.41) is 2.72. The van der Waals surface area contributed by atoms with Crippen molar-refractivity contribution in [1.82, 2.24) is 10.3 Å². The Hall–Kier alpha value is -2.04. The van der Waals surface area contributed by atoms with Crippen molar-refractivity contribution in [3.63, 3.8) is 0 Å². The van der Waals surface area contributed by atoms with Crippen LogP contribution in [0.25, 0.3) is 11.1 Å². The van der Waals surface area contributed by atoms with Gasteiger partial charge in [-0.3, -0.25) is 4.79 Å². The van der Waals surface area contributed by atoms with Crippen LogP contribution in [0.15, 0.2) is 22.6 Å². The van der Waals surface area contributed by atoms with Gasteiger partial charge >= 0.3 is 0 Å². The lowest BCUT2D eigenvalue weighted by Gasteiger charge is -2.06. The molecule has 0 radical (unpaired) electrons. The van der Waals surface area contributed by atoms with E-state index in [1.165, 1.54) is 6.92 Å². The fourth-order valence-corrected chi connectivity index (χ4v) is 1.60. The monoisotopic (exact) mass is 234 g/mol. The highest BCUT2D eigenvalue weighted by Gasteiger charge is 2.14. The van der Waals surface area contributed by atoms with Crippen molar-refractivity contribution in [2.45, 2.75) is 19.9 Å². The summed E-state index contributed by atoms with van der Waals surface area (Å²) in [7, 11) is 1.60. The summed E-state index contributed by atoms with van der Waals surface area (Å²) in [6.45, 7) is 3.28. The first-order chi connectivity index (χ1) is 8.10. The Labute approximate surface area is 98.8 Å². The summed E-state index contributed by atoms with van der Waals surface area (Å²) >= 11 is 0. The van der Waals surface area contributed by atoms with Crippen LogP contribution >= 0.6 is 0 Å². The highest BCUT2D eigenvalue weighted by molar-refractivity contribution is 5.75. The van der Waals surface area contributed by atoms with E-state index in [4.69, 9.17) is 9.15 Å². The molecule has 0 saturated heterocycles. The molecule has 0 bridgehead atoms. The summed E-state index contributed by atoms with van der Waals surface area (Å²) in [5.74, 6) is 1.09. The van der Waals surface area contributed by atoms with Crippen LogP contribution in [0.3, 0.4) is 0 Å². The zero-order valence-electron chi connectivity index (χ0n) is 9.98. The van der Waals surface area contributed by atoms with Crippen LogP contribution < -0.4 is 10.1 Å². The van der Waals surface area contributed by atoms with Gasteiger partial charge in [0.25, 0.3) is 0 Å². The normalized spacial score (nSPS) is 12.4. The molecule has 17 heavy (non-hydrogen) atoms. The van der Waals surface area contributed by atoms with Gasteiger partial charge in [0, 0.05) is 13.0 Å². The number of benzene rings is 1. The van der Waals surface area contributed by atoms with E-state index in [0.29, 0.717) is 17.2 Å². The van der Waals surface area contributed by atoms with Crippen LogP contribution in [0.2, 0.25) is 0 Å². The van der Waals surface area contributed by atoms with Crippen molar-refractivity contribution in [3.8, 4) is 5.75 Å². The number of nitrogens with one attached hydrogen (secondary N) is 1. The number of oxazole rings is 1. The second-order valence-electron chi connectivity index (χ2n) is 3.81. The number of carbonyl (C=O) groups is 1. The van der Waals surface area contributed by atoms with Crippen molar-refractivity contribution in [2.24, 2.45) is 0 Å². The zero-order valence-corrected chi connectivity index (χ0v) is 9.98. The van der Waals surface area contributed by atoms with Crippen molar-refractivity contribution in [2.75, 3.05) is 7.11 Å². The Balaban J connectivity index is 2.33. The highest BCUT2D eigenvalue weighted by Crippen LogP contribution is 2.23. The SMILES string of the molecule is COc1ccc2nc(C(C)NC(C)=O)oc2c1. The van der Waals surface area contributed by atoms with Crippen molar-refractivity contribution < 1.29 is 13.9 Å². The molecular weight excluding hydrogens is 220 g/mol. The molecule has 5 heteroatoms. The number of methoxy groups -OCH3 is 1. The van der Waals surface area contributed by atoms with E-state index in [-0.39, 0.29) is 11.9 Å². The van der Waals surface area contributed by atoms with Gasteiger partial charge in [0.2, 0.25) is 11.8 Å². The van der Waals surface area contributed by atoms with Crippen LogP contribution in [0, 0.1) is 0 Å². The van der Waals surface area contributed by atoms with Gasteiger partial charge in [-0.2, -0.15) is 0 Å². The fraction of sp³-hybridized carbons (Fsp3) is 0.333. The molecule has 2 aromatic rings. The fourth-order valence-electron chi connectivity index (χ4n) is 1.60. The van der Waals surface area contributed by atoms with Crippen LogP contribution in [0.1, 0.15) is 25.8 Å². The van der Waals surface area contributed by atoms with Crippen LogP contribution in [-0.2, 0) is 4.79 Å². The molecule has 0 aliphatic rings. The van der Waals surface area contributed by atoms with Gasteiger partial charge in [-0.25, -0.2) is 4.98 Å². The van der Waals surface area contributed by atoms with E-state index in [1.54, 1.807) is 13.2 Å². The van der Waals surface area contributed by atoms with Crippen LogP contribution in [0.5, 0.6) is 5.75 Å². The first kappa shape index (κ1) is 11.4. The van der Waals surface area contributed by atoms with Gasteiger partial charge in [-0.15, -0.1) is 0 Å². The van der Waals surface area contributed by atoms with E-state index in [9.17, 15) is 4.79 Å². The molecule has 0 saturated carbocycles. The Bertz CT molecular complexity index is 548. The number of amides is 1. The second kappa shape index (κ2) is 4.45. The quantitative estimate of drug-likeness (QED) is 0.882. The largest absolute Gasteiger partial charge is 0.497 e. The minimum absolute atomic E-state index is 0.114. The smallest absolute Gasteiger partial charge is 0.217 e. The van der Waals surface area contributed by atoms with E-state index in [0.717, 1.165) is 5.52 Å². The average molecular weight is 234 g/mol. The molecule has 1 atom stereocenters. The number of rotatable bonds is 3. The molecule has 1 unspecified atom stereocenters. The standard InChI is InChI=1S/C12H14N2O3/c1-7(13-8(2)15)12-14-10-5-4-9(16-3)6-11(10)17-12/h4-7H,1-3H3,(H,13,15). The molecule has 1 amide bonds. The molecule has 0 aliphatic carbocycles. The Morgan fingerprint density at radius 2 is 2.29 bits per heavy atom. The number of ether oxygens (including phenoxy) is 1. The van der Waals surface area contributed by atoms with E-state index < -0.39 is 0 Å². The first-order valence-corrected chi connectivity index (χ1v) is 5.31. The number of nitrogens with zero attached hydrogens (tertiary/aromatic N) is 1. The number of fused-ring (bicyclic) bond motifs is 1. The average Bonchev–Trinajstić information content (AvgIpc) is 2.70. The lowest BCUT2D eigenvalue weighted by Crippen LogP contribution is -2.23. The molecule has 0 fully saturated rings. The predicted octanol–water partition coefficient (Wildman–Crippen LogP) is 2.03. The van der Waals surface area contributed by atoms with Crippen molar-refractivity contribution >= 4 is 17.0 Å². The van der Waals surface area contributed by atoms with Gasteiger partial charge in [0.1, 0.15) is 17.3 Å². The summed E-state index contributed by atoms with van der Waals surface area (Å²) in [5.41, 5.74) is 1.40. The molecule has 2 rings (SSSR count). The minimum Gasteiger partial charge on any atom is -0.497 e. The lowest BCUT2D eigenvalue weighted by molar-refractivity contribution is -0.119. The molecule has 1 aromatic carbocycles. The Morgan fingerprint density at radius 1 is 1.53 bits per heavy atom. The predicted molar refractivity (Wildman–Crippen MR) is 62.8 cm³/mol. The summed E-state index contributed by atoms with van der Waals surface area (Å²) in [4.78, 5) is 15.2. The van der Waals surface area contributed by atoms with Gasteiger partial charge in [0.05, 0.1) is 7.11 Å². The van der Waals surface area contributed by atoms with E-state index in [1.807, 2.05) is 19.1 Å². The van der Waals surface area contributed by atoms with E-state index in [2.05, 4.69) is 10.3 Å². The molecule has 90 valence electrons. The molecule has 1 heterocycles.